The predicted molar refractivity (Wildman–Crippen MR) is 94.2 cm³/mol. The molecule has 28 heavy (non-hydrogen) atoms. The number of rotatable bonds is 5. The first-order valence-corrected chi connectivity index (χ1v) is 8.96. The molecular weight excluding hydrogens is 375 g/mol. The van der Waals surface area contributed by atoms with Crippen LogP contribution in [0.15, 0.2) is 24.3 Å². The summed E-state index contributed by atoms with van der Waals surface area (Å²) in [5, 5.41) is 9.57. The number of imidazole rings is 1. The van der Waals surface area contributed by atoms with Crippen molar-refractivity contribution in [3.63, 3.8) is 0 Å². The number of carbonyl (C=O) groups excluding carboxylic acids is 1. The Labute approximate surface area is 159 Å². The van der Waals surface area contributed by atoms with Crippen LogP contribution >= 0.6 is 0 Å². The Morgan fingerprint density at radius 3 is 2.50 bits per heavy atom. The second kappa shape index (κ2) is 7.65. The molecule has 9 heteroatoms. The van der Waals surface area contributed by atoms with Crippen LogP contribution in [-0.4, -0.2) is 38.5 Å². The van der Waals surface area contributed by atoms with Gasteiger partial charge in [-0.2, -0.15) is 13.2 Å². The lowest BCUT2D eigenvalue weighted by Gasteiger charge is -2.35. The molecule has 2 heterocycles. The molecule has 0 saturated heterocycles. The van der Waals surface area contributed by atoms with Crippen LogP contribution in [0.4, 0.5) is 18.0 Å². The number of carbonyl (C=O) groups is 2. The highest BCUT2D eigenvalue weighted by Gasteiger charge is 2.35. The highest BCUT2D eigenvalue weighted by Crippen LogP contribution is 2.34. The first-order valence-electron chi connectivity index (χ1n) is 8.96. The van der Waals surface area contributed by atoms with E-state index in [1.54, 1.807) is 0 Å². The Morgan fingerprint density at radius 2 is 1.96 bits per heavy atom. The second-order valence-corrected chi connectivity index (χ2v) is 6.65. The number of aromatic nitrogens is 2. The SMILES string of the molecule is CCc1nc(C=O)c2n1CCN(C(=O)O)C2CCc1ccc(C(F)(F)F)cc1. The van der Waals surface area contributed by atoms with Crippen molar-refractivity contribution in [2.24, 2.45) is 0 Å². The Balaban J connectivity index is 1.88. The fourth-order valence-corrected chi connectivity index (χ4v) is 3.69. The molecule has 0 spiro atoms. The van der Waals surface area contributed by atoms with E-state index in [4.69, 9.17) is 0 Å². The zero-order valence-corrected chi connectivity index (χ0v) is 15.2. The summed E-state index contributed by atoms with van der Waals surface area (Å²) in [4.78, 5) is 28.8. The van der Waals surface area contributed by atoms with E-state index in [9.17, 15) is 27.9 Å². The van der Waals surface area contributed by atoms with Gasteiger partial charge in [-0.15, -0.1) is 0 Å². The number of aryl methyl sites for hydroxylation is 2. The van der Waals surface area contributed by atoms with Gasteiger partial charge in [-0.3, -0.25) is 9.69 Å². The number of benzene rings is 1. The first kappa shape index (κ1) is 19.9. The molecule has 1 N–H and O–H groups in total. The van der Waals surface area contributed by atoms with Gasteiger partial charge in [-0.1, -0.05) is 19.1 Å². The molecular formula is C19H20F3N3O3. The fourth-order valence-electron chi connectivity index (χ4n) is 3.69. The molecule has 1 unspecified atom stereocenters. The minimum absolute atomic E-state index is 0.222. The molecule has 1 atom stereocenters. The maximum Gasteiger partial charge on any atom is 0.416 e. The van der Waals surface area contributed by atoms with Crippen LogP contribution in [0.3, 0.4) is 0 Å². The number of carboxylic acid groups (broad SMARTS) is 1. The van der Waals surface area contributed by atoms with E-state index < -0.39 is 23.9 Å². The number of halogens is 3. The van der Waals surface area contributed by atoms with Gasteiger partial charge in [-0.25, -0.2) is 9.78 Å². The Morgan fingerprint density at radius 1 is 1.29 bits per heavy atom. The third-order valence-electron chi connectivity index (χ3n) is 5.03. The van der Waals surface area contributed by atoms with Crippen molar-refractivity contribution >= 4 is 12.4 Å². The monoisotopic (exact) mass is 395 g/mol. The average Bonchev–Trinajstić information content (AvgIpc) is 3.03. The lowest BCUT2D eigenvalue weighted by Crippen LogP contribution is -2.42. The van der Waals surface area contributed by atoms with Crippen LogP contribution in [-0.2, 0) is 25.6 Å². The van der Waals surface area contributed by atoms with Gasteiger partial charge in [0.15, 0.2) is 6.29 Å². The van der Waals surface area contributed by atoms with Gasteiger partial charge in [0, 0.05) is 19.5 Å². The smallest absolute Gasteiger partial charge is 0.416 e. The molecule has 6 nitrogen and oxygen atoms in total. The summed E-state index contributed by atoms with van der Waals surface area (Å²) in [5.41, 5.74) is 0.723. The summed E-state index contributed by atoms with van der Waals surface area (Å²) in [5.74, 6) is 0.724. The van der Waals surface area contributed by atoms with Crippen molar-refractivity contribution in [2.45, 2.75) is 44.9 Å². The summed E-state index contributed by atoms with van der Waals surface area (Å²) >= 11 is 0. The first-order chi connectivity index (χ1) is 13.3. The third kappa shape index (κ3) is 3.74. The molecule has 0 aliphatic carbocycles. The second-order valence-electron chi connectivity index (χ2n) is 6.65. The number of alkyl halides is 3. The molecule has 1 aliphatic heterocycles. The van der Waals surface area contributed by atoms with Gasteiger partial charge in [0.25, 0.3) is 0 Å². The minimum Gasteiger partial charge on any atom is -0.465 e. The van der Waals surface area contributed by atoms with Crippen molar-refractivity contribution in [3.8, 4) is 0 Å². The molecule has 1 aromatic heterocycles. The number of aldehydes is 1. The lowest BCUT2D eigenvalue weighted by atomic mass is 9.98. The zero-order valence-electron chi connectivity index (χ0n) is 15.2. The summed E-state index contributed by atoms with van der Waals surface area (Å²) in [6.07, 6.45) is -3.55. The lowest BCUT2D eigenvalue weighted by molar-refractivity contribution is -0.137. The number of hydrogen-bond donors (Lipinski definition) is 1. The van der Waals surface area contributed by atoms with Gasteiger partial charge in [0.1, 0.15) is 11.5 Å². The van der Waals surface area contributed by atoms with Crippen LogP contribution in [0.1, 0.15) is 52.5 Å². The van der Waals surface area contributed by atoms with Gasteiger partial charge >= 0.3 is 12.3 Å². The number of hydrogen-bond acceptors (Lipinski definition) is 3. The zero-order chi connectivity index (χ0) is 20.5. The molecule has 3 rings (SSSR count). The van der Waals surface area contributed by atoms with E-state index in [1.807, 2.05) is 11.5 Å². The molecule has 1 aromatic carbocycles. The molecule has 150 valence electrons. The Kier molecular flexibility index (Phi) is 5.44. The molecule has 1 aliphatic rings. The van der Waals surface area contributed by atoms with Gasteiger partial charge < -0.3 is 9.67 Å². The summed E-state index contributed by atoms with van der Waals surface area (Å²) in [7, 11) is 0. The van der Waals surface area contributed by atoms with Crippen LogP contribution in [0.25, 0.3) is 0 Å². The van der Waals surface area contributed by atoms with Crippen molar-refractivity contribution in [1.82, 2.24) is 14.5 Å². The number of fused-ring (bicyclic) bond motifs is 1. The third-order valence-corrected chi connectivity index (χ3v) is 5.03. The summed E-state index contributed by atoms with van der Waals surface area (Å²) in [6.45, 7) is 2.59. The standard InChI is InChI=1S/C19H20F3N3O3/c1-2-16-23-14(11-26)17-15(24(18(27)28)9-10-25(16)17)8-5-12-3-6-13(7-4-12)19(20,21)22/h3-4,6-7,11,15H,2,5,8-10H2,1H3,(H,27,28). The Hall–Kier alpha value is -2.84. The molecule has 2 aromatic rings. The topological polar surface area (TPSA) is 75.4 Å². The van der Waals surface area contributed by atoms with Gasteiger partial charge in [0.2, 0.25) is 0 Å². The van der Waals surface area contributed by atoms with E-state index in [0.717, 1.165) is 18.0 Å². The highest BCUT2D eigenvalue weighted by atomic mass is 19.4. The van der Waals surface area contributed by atoms with Crippen molar-refractivity contribution < 1.29 is 27.9 Å². The Bertz CT molecular complexity index is 875. The van der Waals surface area contributed by atoms with Crippen molar-refractivity contribution in [1.29, 1.82) is 0 Å². The van der Waals surface area contributed by atoms with Gasteiger partial charge in [-0.05, 0) is 30.5 Å². The van der Waals surface area contributed by atoms with E-state index in [-0.39, 0.29) is 12.2 Å². The summed E-state index contributed by atoms with van der Waals surface area (Å²) < 4.78 is 40.0. The van der Waals surface area contributed by atoms with Crippen LogP contribution in [0.5, 0.6) is 0 Å². The van der Waals surface area contributed by atoms with Crippen LogP contribution in [0, 0.1) is 0 Å². The van der Waals surface area contributed by atoms with E-state index in [2.05, 4.69) is 4.98 Å². The average molecular weight is 395 g/mol. The van der Waals surface area contributed by atoms with E-state index in [0.29, 0.717) is 43.4 Å². The molecule has 1 amide bonds. The maximum atomic E-state index is 12.7. The van der Waals surface area contributed by atoms with Crippen LogP contribution in [0.2, 0.25) is 0 Å². The maximum absolute atomic E-state index is 12.7. The molecule has 0 fully saturated rings. The normalized spacial score (nSPS) is 16.7. The predicted octanol–water partition coefficient (Wildman–Crippen LogP) is 3.94. The number of nitrogens with zero attached hydrogens (tertiary/aromatic N) is 3. The van der Waals surface area contributed by atoms with Gasteiger partial charge in [0.05, 0.1) is 17.3 Å². The fraction of sp³-hybridized carbons (Fsp3) is 0.421. The highest BCUT2D eigenvalue weighted by molar-refractivity contribution is 5.75. The quantitative estimate of drug-likeness (QED) is 0.778. The molecule has 0 radical (unpaired) electrons. The van der Waals surface area contributed by atoms with Crippen LogP contribution < -0.4 is 0 Å². The minimum atomic E-state index is -4.40. The van der Waals surface area contributed by atoms with Crippen molar-refractivity contribution in [3.05, 3.63) is 52.6 Å². The van der Waals surface area contributed by atoms with E-state index >= 15 is 0 Å². The summed E-state index contributed by atoms with van der Waals surface area (Å²) in [6, 6.07) is 4.24. The van der Waals surface area contributed by atoms with E-state index in [1.165, 1.54) is 17.0 Å². The largest absolute Gasteiger partial charge is 0.465 e. The number of amides is 1. The molecule has 0 saturated carbocycles. The molecule has 0 bridgehead atoms. The van der Waals surface area contributed by atoms with Crippen molar-refractivity contribution in [2.75, 3.05) is 6.54 Å².